The van der Waals surface area contributed by atoms with Crippen molar-refractivity contribution in [1.82, 2.24) is 10.3 Å². The number of nitrogens with one attached hydrogen (secondary N) is 2. The van der Waals surface area contributed by atoms with Gasteiger partial charge in [-0.05, 0) is 24.1 Å². The zero-order chi connectivity index (χ0) is 19.9. The van der Waals surface area contributed by atoms with E-state index in [4.69, 9.17) is 11.6 Å². The van der Waals surface area contributed by atoms with Gasteiger partial charge in [0.2, 0.25) is 11.8 Å². The van der Waals surface area contributed by atoms with Crippen LogP contribution in [0.5, 0.6) is 0 Å². The van der Waals surface area contributed by atoms with Gasteiger partial charge in [-0.2, -0.15) is 0 Å². The Labute approximate surface area is 172 Å². The molecular weight excluding hydrogens is 394 g/mol. The number of halogens is 1. The van der Waals surface area contributed by atoms with Gasteiger partial charge in [-0.25, -0.2) is 4.98 Å². The Hall–Kier alpha value is -2.70. The van der Waals surface area contributed by atoms with E-state index in [-0.39, 0.29) is 24.8 Å². The highest BCUT2D eigenvalue weighted by Gasteiger charge is 2.12. The maximum absolute atomic E-state index is 12.2. The molecule has 2 amide bonds. The van der Waals surface area contributed by atoms with Gasteiger partial charge in [-0.3, -0.25) is 9.59 Å². The SMILES string of the molecule is CCc1ccccc1NC(=O)CNC(=O)Cc1csc(-c2ccccc2Cl)n1. The third-order valence-electron chi connectivity index (χ3n) is 4.12. The summed E-state index contributed by atoms with van der Waals surface area (Å²) >= 11 is 7.62. The first-order chi connectivity index (χ1) is 13.6. The van der Waals surface area contributed by atoms with Gasteiger partial charge in [0.15, 0.2) is 0 Å². The molecule has 0 aliphatic rings. The molecule has 144 valence electrons. The molecular formula is C21H20ClN3O2S. The minimum atomic E-state index is -0.260. The summed E-state index contributed by atoms with van der Waals surface area (Å²) in [6, 6.07) is 15.1. The highest BCUT2D eigenvalue weighted by atomic mass is 35.5. The largest absolute Gasteiger partial charge is 0.347 e. The maximum Gasteiger partial charge on any atom is 0.243 e. The highest BCUT2D eigenvalue weighted by molar-refractivity contribution is 7.13. The van der Waals surface area contributed by atoms with Crippen molar-refractivity contribution in [3.05, 3.63) is 70.2 Å². The van der Waals surface area contributed by atoms with E-state index in [2.05, 4.69) is 15.6 Å². The second-order valence-corrected chi connectivity index (χ2v) is 7.40. The fraction of sp³-hybridized carbons (Fsp3) is 0.190. The van der Waals surface area contributed by atoms with Gasteiger partial charge in [-0.15, -0.1) is 11.3 Å². The standard InChI is InChI=1S/C21H20ClN3O2S/c1-2-14-7-3-6-10-18(14)25-20(27)12-23-19(26)11-15-13-28-21(24-15)16-8-4-5-9-17(16)22/h3-10,13H,2,11-12H2,1H3,(H,23,26)(H,25,27). The Morgan fingerprint density at radius 1 is 1.07 bits per heavy atom. The molecule has 0 saturated heterocycles. The molecule has 0 spiro atoms. The van der Waals surface area contributed by atoms with Gasteiger partial charge in [0.25, 0.3) is 0 Å². The van der Waals surface area contributed by atoms with E-state index in [9.17, 15) is 9.59 Å². The van der Waals surface area contributed by atoms with Crippen LogP contribution >= 0.6 is 22.9 Å². The van der Waals surface area contributed by atoms with E-state index in [1.54, 1.807) is 6.07 Å². The van der Waals surface area contributed by atoms with Crippen molar-refractivity contribution in [2.45, 2.75) is 19.8 Å². The summed E-state index contributed by atoms with van der Waals surface area (Å²) < 4.78 is 0. The van der Waals surface area contributed by atoms with Gasteiger partial charge in [-0.1, -0.05) is 54.9 Å². The number of hydrogen-bond donors (Lipinski definition) is 2. The van der Waals surface area contributed by atoms with E-state index in [0.29, 0.717) is 10.7 Å². The lowest BCUT2D eigenvalue weighted by atomic mass is 10.1. The van der Waals surface area contributed by atoms with E-state index in [1.807, 2.05) is 54.8 Å². The molecule has 0 fully saturated rings. The van der Waals surface area contributed by atoms with Gasteiger partial charge < -0.3 is 10.6 Å². The number of carbonyl (C=O) groups excluding carboxylic acids is 2. The van der Waals surface area contributed by atoms with E-state index >= 15 is 0 Å². The third kappa shape index (κ3) is 5.18. The first kappa shape index (κ1) is 20.0. The smallest absolute Gasteiger partial charge is 0.243 e. The van der Waals surface area contributed by atoms with Crippen LogP contribution in [0.4, 0.5) is 5.69 Å². The van der Waals surface area contributed by atoms with Crippen LogP contribution in [0, 0.1) is 0 Å². The molecule has 2 aromatic carbocycles. The Kier molecular flexibility index (Phi) is 6.79. The molecule has 1 heterocycles. The maximum atomic E-state index is 12.2. The lowest BCUT2D eigenvalue weighted by Gasteiger charge is -2.10. The summed E-state index contributed by atoms with van der Waals surface area (Å²) in [6.07, 6.45) is 0.931. The summed E-state index contributed by atoms with van der Waals surface area (Å²) in [4.78, 5) is 28.7. The zero-order valence-corrected chi connectivity index (χ0v) is 16.9. The predicted molar refractivity (Wildman–Crippen MR) is 114 cm³/mol. The first-order valence-corrected chi connectivity index (χ1v) is 10.2. The average Bonchev–Trinajstić information content (AvgIpc) is 3.15. The highest BCUT2D eigenvalue weighted by Crippen LogP contribution is 2.30. The van der Waals surface area contributed by atoms with Crippen LogP contribution in [0.2, 0.25) is 5.02 Å². The number of rotatable bonds is 7. The number of amides is 2. The molecule has 0 bridgehead atoms. The minimum Gasteiger partial charge on any atom is -0.347 e. The normalized spacial score (nSPS) is 10.5. The van der Waals surface area contributed by atoms with E-state index < -0.39 is 0 Å². The van der Waals surface area contributed by atoms with Crippen LogP contribution < -0.4 is 10.6 Å². The lowest BCUT2D eigenvalue weighted by Crippen LogP contribution is -2.34. The summed E-state index contributed by atoms with van der Waals surface area (Å²) in [6.45, 7) is 1.94. The predicted octanol–water partition coefficient (Wildman–Crippen LogP) is 4.32. The molecule has 0 saturated carbocycles. The number of anilines is 1. The van der Waals surface area contributed by atoms with Gasteiger partial charge >= 0.3 is 0 Å². The first-order valence-electron chi connectivity index (χ1n) is 8.90. The Morgan fingerprint density at radius 3 is 2.61 bits per heavy atom. The van der Waals surface area contributed by atoms with Crippen LogP contribution in [0.25, 0.3) is 10.6 Å². The Morgan fingerprint density at radius 2 is 1.82 bits per heavy atom. The average molecular weight is 414 g/mol. The van der Waals surface area contributed by atoms with Crippen LogP contribution in [0.15, 0.2) is 53.9 Å². The number of aromatic nitrogens is 1. The molecule has 5 nitrogen and oxygen atoms in total. The Balaban J connectivity index is 1.52. The number of hydrogen-bond acceptors (Lipinski definition) is 4. The number of nitrogens with zero attached hydrogens (tertiary/aromatic N) is 1. The monoisotopic (exact) mass is 413 g/mol. The van der Waals surface area contributed by atoms with Gasteiger partial charge in [0.05, 0.1) is 23.7 Å². The summed E-state index contributed by atoms with van der Waals surface area (Å²) in [7, 11) is 0. The van der Waals surface area contributed by atoms with Crippen molar-refractivity contribution in [1.29, 1.82) is 0 Å². The minimum absolute atomic E-state index is 0.0849. The van der Waals surface area contributed by atoms with Crippen molar-refractivity contribution < 1.29 is 9.59 Å². The molecule has 3 rings (SSSR count). The van der Waals surface area contributed by atoms with Crippen molar-refractivity contribution in [3.8, 4) is 10.6 Å². The molecule has 0 aliphatic carbocycles. The zero-order valence-electron chi connectivity index (χ0n) is 15.4. The fourth-order valence-corrected chi connectivity index (χ4v) is 3.84. The molecule has 0 radical (unpaired) electrons. The second kappa shape index (κ2) is 9.48. The van der Waals surface area contributed by atoms with Crippen LogP contribution in [-0.2, 0) is 22.4 Å². The molecule has 0 atom stereocenters. The van der Waals surface area contributed by atoms with E-state index in [1.165, 1.54) is 11.3 Å². The van der Waals surface area contributed by atoms with Crippen LogP contribution in [-0.4, -0.2) is 23.3 Å². The Bertz CT molecular complexity index is 987. The van der Waals surface area contributed by atoms with E-state index in [0.717, 1.165) is 28.2 Å². The van der Waals surface area contributed by atoms with Crippen LogP contribution in [0.1, 0.15) is 18.2 Å². The van der Waals surface area contributed by atoms with Gasteiger partial charge in [0, 0.05) is 16.6 Å². The number of benzene rings is 2. The van der Waals surface area contributed by atoms with Crippen molar-refractivity contribution in [3.63, 3.8) is 0 Å². The number of para-hydroxylation sites is 1. The molecule has 0 unspecified atom stereocenters. The third-order valence-corrected chi connectivity index (χ3v) is 5.37. The quantitative estimate of drug-likeness (QED) is 0.605. The topological polar surface area (TPSA) is 71.1 Å². The lowest BCUT2D eigenvalue weighted by molar-refractivity contribution is -0.123. The molecule has 2 N–H and O–H groups in total. The summed E-state index contributed by atoms with van der Waals surface area (Å²) in [5.41, 5.74) is 3.31. The molecule has 1 aromatic heterocycles. The number of thiazole rings is 1. The molecule has 3 aromatic rings. The van der Waals surface area contributed by atoms with Gasteiger partial charge in [0.1, 0.15) is 5.01 Å². The van der Waals surface area contributed by atoms with Crippen molar-refractivity contribution in [2.24, 2.45) is 0 Å². The number of carbonyl (C=O) groups is 2. The molecule has 0 aliphatic heterocycles. The van der Waals surface area contributed by atoms with Crippen molar-refractivity contribution >= 4 is 40.4 Å². The van der Waals surface area contributed by atoms with Crippen LogP contribution in [0.3, 0.4) is 0 Å². The summed E-state index contributed by atoms with van der Waals surface area (Å²) in [5, 5.41) is 8.68. The summed E-state index contributed by atoms with van der Waals surface area (Å²) in [5.74, 6) is -0.515. The number of aryl methyl sites for hydroxylation is 1. The molecule has 28 heavy (non-hydrogen) atoms. The fourth-order valence-electron chi connectivity index (χ4n) is 2.70. The molecule has 7 heteroatoms. The second-order valence-electron chi connectivity index (χ2n) is 6.14. The van der Waals surface area contributed by atoms with Crippen molar-refractivity contribution in [2.75, 3.05) is 11.9 Å².